The maximum atomic E-state index is 13.5. The summed E-state index contributed by atoms with van der Waals surface area (Å²) in [4.78, 5) is 12.8. The third-order valence-corrected chi connectivity index (χ3v) is 7.09. The van der Waals surface area contributed by atoms with Crippen LogP contribution in [-0.2, 0) is 14.8 Å². The lowest BCUT2D eigenvalue weighted by atomic mass is 10.2. The van der Waals surface area contributed by atoms with Gasteiger partial charge in [-0.25, -0.2) is 13.8 Å². The quantitative estimate of drug-likeness (QED) is 0.205. The van der Waals surface area contributed by atoms with Gasteiger partial charge in [-0.05, 0) is 66.6 Å². The van der Waals surface area contributed by atoms with E-state index in [-0.39, 0.29) is 16.3 Å². The van der Waals surface area contributed by atoms with Crippen LogP contribution in [0.15, 0.2) is 82.8 Å². The molecule has 0 aliphatic carbocycles. The third-order valence-electron chi connectivity index (χ3n) is 5.08. The average molecular weight is 530 g/mol. The van der Waals surface area contributed by atoms with Crippen molar-refractivity contribution in [2.75, 3.05) is 24.6 Å². The second-order valence-electron chi connectivity index (χ2n) is 7.71. The molecular weight excluding hydrogens is 502 g/mol. The van der Waals surface area contributed by atoms with Gasteiger partial charge in [0.15, 0.2) is 0 Å². The molecule has 8 nitrogen and oxygen atoms in total. The number of unbranched alkanes of at least 4 members (excludes halogenated alkanes) is 1. The molecule has 0 aliphatic heterocycles. The van der Waals surface area contributed by atoms with Gasteiger partial charge in [-0.1, -0.05) is 43.1 Å². The van der Waals surface area contributed by atoms with Crippen LogP contribution < -0.4 is 19.2 Å². The zero-order valence-electron chi connectivity index (χ0n) is 20.1. The summed E-state index contributed by atoms with van der Waals surface area (Å²) in [6, 6.07) is 19.6. The highest BCUT2D eigenvalue weighted by molar-refractivity contribution is 7.92. The number of carbonyl (C=O) groups excluding carboxylic acids is 1. The number of anilines is 1. The second-order valence-corrected chi connectivity index (χ2v) is 10.0. The molecule has 0 unspecified atom stereocenters. The summed E-state index contributed by atoms with van der Waals surface area (Å²) >= 11 is 6.14. The van der Waals surface area contributed by atoms with Gasteiger partial charge in [0, 0.05) is 5.02 Å². The topological polar surface area (TPSA) is 97.3 Å². The smallest absolute Gasteiger partial charge is 0.264 e. The summed E-state index contributed by atoms with van der Waals surface area (Å²) in [5.74, 6) is 0.352. The van der Waals surface area contributed by atoms with E-state index in [1.165, 1.54) is 37.6 Å². The van der Waals surface area contributed by atoms with Gasteiger partial charge in [0.25, 0.3) is 15.9 Å². The predicted octanol–water partition coefficient (Wildman–Crippen LogP) is 4.87. The number of hydrogen-bond donors (Lipinski definition) is 1. The normalized spacial score (nSPS) is 11.3. The van der Waals surface area contributed by atoms with Crippen molar-refractivity contribution in [2.45, 2.75) is 24.7 Å². The van der Waals surface area contributed by atoms with Crippen LogP contribution in [0.2, 0.25) is 5.02 Å². The summed E-state index contributed by atoms with van der Waals surface area (Å²) in [6.07, 6.45) is 3.50. The largest absolute Gasteiger partial charge is 0.495 e. The average Bonchev–Trinajstić information content (AvgIpc) is 2.89. The van der Waals surface area contributed by atoms with Crippen molar-refractivity contribution in [3.8, 4) is 11.5 Å². The Morgan fingerprint density at radius 3 is 2.47 bits per heavy atom. The Balaban J connectivity index is 1.77. The molecular formula is C26H28ClN3O5S. The lowest BCUT2D eigenvalue weighted by Gasteiger charge is -2.25. The highest BCUT2D eigenvalue weighted by Crippen LogP contribution is 2.34. The Kier molecular flexibility index (Phi) is 9.72. The first-order chi connectivity index (χ1) is 17.3. The molecule has 1 amide bonds. The molecule has 3 aromatic carbocycles. The number of amides is 1. The molecule has 0 saturated heterocycles. The minimum atomic E-state index is -4.12. The zero-order chi connectivity index (χ0) is 26.0. The zero-order valence-corrected chi connectivity index (χ0v) is 21.6. The maximum absolute atomic E-state index is 13.5. The number of carbonyl (C=O) groups is 1. The van der Waals surface area contributed by atoms with E-state index in [9.17, 15) is 13.2 Å². The first-order valence-electron chi connectivity index (χ1n) is 11.3. The fourth-order valence-electron chi connectivity index (χ4n) is 3.21. The van der Waals surface area contributed by atoms with Crippen LogP contribution in [0.1, 0.15) is 25.3 Å². The first kappa shape index (κ1) is 27.0. The van der Waals surface area contributed by atoms with Crippen molar-refractivity contribution < 1.29 is 22.7 Å². The number of rotatable bonds is 12. The predicted molar refractivity (Wildman–Crippen MR) is 142 cm³/mol. The Morgan fingerprint density at radius 1 is 1.08 bits per heavy atom. The Hall–Kier alpha value is -3.56. The van der Waals surface area contributed by atoms with Crippen molar-refractivity contribution in [1.29, 1.82) is 0 Å². The molecule has 0 aliphatic rings. The van der Waals surface area contributed by atoms with Crippen LogP contribution in [-0.4, -0.2) is 40.8 Å². The van der Waals surface area contributed by atoms with Crippen LogP contribution in [0.5, 0.6) is 11.5 Å². The SMILES string of the molecule is CCCCOc1ccc(/C=N\NC(=O)CN(c2cc(Cl)ccc2OC)S(=O)(=O)c2ccccc2)cc1. The van der Waals surface area contributed by atoms with Crippen molar-refractivity contribution in [1.82, 2.24) is 5.43 Å². The molecule has 0 saturated carbocycles. The summed E-state index contributed by atoms with van der Waals surface area (Å²) in [5, 5.41) is 4.26. The van der Waals surface area contributed by atoms with Crippen molar-refractivity contribution in [3.63, 3.8) is 0 Å². The standard InChI is InChI=1S/C26H28ClN3O5S/c1-3-4-16-35-22-13-10-20(11-14-22)18-28-29-26(31)19-30(24-17-21(27)12-15-25(24)34-2)36(32,33)23-8-6-5-7-9-23/h5-15,17-18H,3-4,16,19H2,1-2H3,(H,29,31)/b28-18-. The van der Waals surface area contributed by atoms with Crippen LogP contribution in [0, 0.1) is 0 Å². The van der Waals surface area contributed by atoms with Gasteiger partial charge in [-0.3, -0.25) is 9.10 Å². The summed E-state index contributed by atoms with van der Waals surface area (Å²) in [5.41, 5.74) is 3.25. The van der Waals surface area contributed by atoms with E-state index < -0.39 is 22.5 Å². The van der Waals surface area contributed by atoms with Crippen LogP contribution in [0.3, 0.4) is 0 Å². The molecule has 190 valence electrons. The number of hydrogen-bond acceptors (Lipinski definition) is 6. The molecule has 10 heteroatoms. The fourth-order valence-corrected chi connectivity index (χ4v) is 4.82. The number of nitrogens with one attached hydrogen (secondary N) is 1. The monoisotopic (exact) mass is 529 g/mol. The number of benzene rings is 3. The minimum absolute atomic E-state index is 0.0181. The number of hydrazone groups is 1. The van der Waals surface area contributed by atoms with E-state index in [1.807, 2.05) is 12.1 Å². The van der Waals surface area contributed by atoms with Crippen LogP contribution in [0.4, 0.5) is 5.69 Å². The third kappa shape index (κ3) is 7.22. The second kappa shape index (κ2) is 12.9. The highest BCUT2D eigenvalue weighted by Gasteiger charge is 2.29. The number of sulfonamides is 1. The molecule has 0 heterocycles. The van der Waals surface area contributed by atoms with E-state index in [0.717, 1.165) is 28.5 Å². The molecule has 3 aromatic rings. The number of halogens is 1. The minimum Gasteiger partial charge on any atom is -0.495 e. The van der Waals surface area contributed by atoms with Crippen molar-refractivity contribution in [3.05, 3.63) is 83.4 Å². The molecule has 0 aromatic heterocycles. The van der Waals surface area contributed by atoms with Crippen molar-refractivity contribution in [2.24, 2.45) is 5.10 Å². The molecule has 36 heavy (non-hydrogen) atoms. The van der Waals surface area contributed by atoms with Gasteiger partial charge in [0.2, 0.25) is 0 Å². The molecule has 0 bridgehead atoms. The number of ether oxygens (including phenoxy) is 2. The van der Waals surface area contributed by atoms with Crippen LogP contribution in [0.25, 0.3) is 0 Å². The van der Waals surface area contributed by atoms with Gasteiger partial charge < -0.3 is 9.47 Å². The molecule has 0 radical (unpaired) electrons. The summed E-state index contributed by atoms with van der Waals surface area (Å²) in [6.45, 7) is 2.20. The lowest BCUT2D eigenvalue weighted by Crippen LogP contribution is -2.39. The van der Waals surface area contributed by atoms with E-state index in [0.29, 0.717) is 11.6 Å². The molecule has 0 atom stereocenters. The van der Waals surface area contributed by atoms with E-state index in [1.54, 1.807) is 36.4 Å². The summed E-state index contributed by atoms with van der Waals surface area (Å²) in [7, 11) is -2.71. The van der Waals surface area contributed by atoms with Gasteiger partial charge in [-0.15, -0.1) is 0 Å². The lowest BCUT2D eigenvalue weighted by molar-refractivity contribution is -0.119. The molecule has 3 rings (SSSR count). The van der Waals surface area contributed by atoms with Gasteiger partial charge in [0.05, 0.1) is 30.5 Å². The fraction of sp³-hybridized carbons (Fsp3) is 0.231. The first-order valence-corrected chi connectivity index (χ1v) is 13.1. The van der Waals surface area contributed by atoms with E-state index in [4.69, 9.17) is 21.1 Å². The molecule has 1 N–H and O–H groups in total. The summed E-state index contributed by atoms with van der Waals surface area (Å²) < 4.78 is 38.8. The number of methoxy groups -OCH3 is 1. The molecule has 0 spiro atoms. The Bertz CT molecular complexity index is 1280. The Labute approximate surface area is 216 Å². The van der Waals surface area contributed by atoms with Gasteiger partial charge >= 0.3 is 0 Å². The highest BCUT2D eigenvalue weighted by atomic mass is 35.5. The Morgan fingerprint density at radius 2 is 1.81 bits per heavy atom. The van der Waals surface area contributed by atoms with E-state index >= 15 is 0 Å². The maximum Gasteiger partial charge on any atom is 0.264 e. The van der Waals surface area contributed by atoms with Crippen LogP contribution >= 0.6 is 11.6 Å². The van der Waals surface area contributed by atoms with Crippen molar-refractivity contribution >= 4 is 39.4 Å². The van der Waals surface area contributed by atoms with Gasteiger partial charge in [0.1, 0.15) is 18.0 Å². The van der Waals surface area contributed by atoms with Gasteiger partial charge in [-0.2, -0.15) is 5.10 Å². The molecule has 0 fully saturated rings. The number of nitrogens with zero attached hydrogens (tertiary/aromatic N) is 2. The van der Waals surface area contributed by atoms with E-state index in [2.05, 4.69) is 17.5 Å².